The fraction of sp³-hybridized carbons (Fsp3) is 0.364. The fourth-order valence-electron chi connectivity index (χ4n) is 1.39. The summed E-state index contributed by atoms with van der Waals surface area (Å²) >= 11 is 0. The smallest absolute Gasteiger partial charge is 0.261 e. The van der Waals surface area contributed by atoms with Crippen LogP contribution in [-0.2, 0) is 19.9 Å². The van der Waals surface area contributed by atoms with Gasteiger partial charge in [0.2, 0.25) is 0 Å². The molecule has 0 spiro atoms. The maximum Gasteiger partial charge on any atom is 0.261 e. The number of amides is 1. The number of hydrogen-bond acceptors (Lipinski definition) is 4. The normalized spacial score (nSPS) is 13.0. The third kappa shape index (κ3) is 5.01. The van der Waals surface area contributed by atoms with Crippen LogP contribution in [0.25, 0.3) is 0 Å². The third-order valence-electron chi connectivity index (χ3n) is 2.47. The maximum absolute atomic E-state index is 13.5. The zero-order valence-electron chi connectivity index (χ0n) is 10.9. The van der Waals surface area contributed by atoms with Gasteiger partial charge in [0.25, 0.3) is 15.0 Å². The number of halogens is 3. The lowest BCUT2D eigenvalue weighted by Gasteiger charge is -2.07. The zero-order chi connectivity index (χ0) is 16.2. The molecule has 1 aromatic rings. The van der Waals surface area contributed by atoms with Crippen molar-refractivity contribution in [2.75, 3.05) is 18.1 Å². The van der Waals surface area contributed by atoms with Gasteiger partial charge in [-0.1, -0.05) is 6.92 Å². The summed E-state index contributed by atoms with van der Waals surface area (Å²) < 4.78 is 60.2. The van der Waals surface area contributed by atoms with Gasteiger partial charge in [0.1, 0.15) is 0 Å². The molecule has 0 aliphatic rings. The Kier molecular flexibility index (Phi) is 6.24. The molecule has 0 radical (unpaired) electrons. The molecule has 118 valence electrons. The van der Waals surface area contributed by atoms with E-state index in [9.17, 15) is 26.2 Å². The molecule has 0 aliphatic carbocycles. The minimum atomic E-state index is -4.30. The molecule has 10 heteroatoms. The molecule has 1 aromatic carbocycles. The van der Waals surface area contributed by atoms with Gasteiger partial charge in [0, 0.05) is 39.5 Å². The van der Waals surface area contributed by atoms with Crippen LogP contribution < -0.4 is 5.32 Å². The summed E-state index contributed by atoms with van der Waals surface area (Å²) in [6.45, 7) is 1.68. The second kappa shape index (κ2) is 7.28. The molecule has 0 saturated heterocycles. The van der Waals surface area contributed by atoms with Crippen molar-refractivity contribution < 1.29 is 26.2 Å². The largest absolute Gasteiger partial charge is 0.351 e. The van der Waals surface area contributed by atoms with Gasteiger partial charge in [-0.2, -0.15) is 0 Å². The molecule has 1 amide bonds. The highest BCUT2D eigenvalue weighted by atomic mass is 35.7. The first-order valence-electron chi connectivity index (χ1n) is 5.73. The van der Waals surface area contributed by atoms with E-state index < -0.39 is 47.9 Å². The second-order valence-electron chi connectivity index (χ2n) is 3.89. The van der Waals surface area contributed by atoms with Crippen LogP contribution in [0, 0.1) is 11.6 Å². The molecule has 0 aliphatic heterocycles. The van der Waals surface area contributed by atoms with Crippen molar-refractivity contribution in [1.82, 2.24) is 5.32 Å². The van der Waals surface area contributed by atoms with Gasteiger partial charge in [0.15, 0.2) is 11.6 Å². The standard InChI is InChI=1S/C11H12ClF2NO4S2/c1-2-20(17)4-3-15-11(16)8-5-7(21(12,18)19)6-9(13)10(8)14/h5-6H,2-4H2,1H3,(H,15,16). The van der Waals surface area contributed by atoms with Crippen LogP contribution in [0.1, 0.15) is 17.3 Å². The number of rotatable bonds is 6. The maximum atomic E-state index is 13.5. The third-order valence-corrected chi connectivity index (χ3v) is 5.10. The summed E-state index contributed by atoms with van der Waals surface area (Å²) in [4.78, 5) is 11.0. The Labute approximate surface area is 127 Å². The molecule has 1 rings (SSSR count). The van der Waals surface area contributed by atoms with E-state index >= 15 is 0 Å². The van der Waals surface area contributed by atoms with E-state index in [1.165, 1.54) is 0 Å². The Morgan fingerprint density at radius 1 is 1.38 bits per heavy atom. The summed E-state index contributed by atoms with van der Waals surface area (Å²) in [5.41, 5.74) is -0.781. The van der Waals surface area contributed by atoms with E-state index in [4.69, 9.17) is 10.7 Å². The first-order valence-corrected chi connectivity index (χ1v) is 9.53. The molecule has 1 N–H and O–H groups in total. The zero-order valence-corrected chi connectivity index (χ0v) is 13.2. The molecule has 0 fully saturated rings. The summed E-state index contributed by atoms with van der Waals surface area (Å²) in [6.07, 6.45) is 0. The van der Waals surface area contributed by atoms with Crippen molar-refractivity contribution in [1.29, 1.82) is 0 Å². The minimum Gasteiger partial charge on any atom is -0.351 e. The summed E-state index contributed by atoms with van der Waals surface area (Å²) in [7, 11) is -0.391. The molecule has 0 heterocycles. The Bertz CT molecular complexity index is 679. The van der Waals surface area contributed by atoms with Crippen LogP contribution in [0.15, 0.2) is 17.0 Å². The number of carbonyl (C=O) groups is 1. The van der Waals surface area contributed by atoms with Gasteiger partial charge in [-0.05, 0) is 12.1 Å². The molecule has 21 heavy (non-hydrogen) atoms. The molecular formula is C11H12ClF2NO4S2. The minimum absolute atomic E-state index is 0.0157. The van der Waals surface area contributed by atoms with Crippen LogP contribution in [-0.4, -0.2) is 36.6 Å². The SMILES string of the molecule is CCS(=O)CCNC(=O)c1cc(S(=O)(=O)Cl)cc(F)c1F. The van der Waals surface area contributed by atoms with Gasteiger partial charge in [-0.25, -0.2) is 17.2 Å². The number of benzene rings is 1. The van der Waals surface area contributed by atoms with Crippen LogP contribution in [0.4, 0.5) is 8.78 Å². The van der Waals surface area contributed by atoms with E-state index in [-0.39, 0.29) is 12.3 Å². The molecule has 1 unspecified atom stereocenters. The van der Waals surface area contributed by atoms with Gasteiger partial charge in [-0.3, -0.25) is 9.00 Å². The highest BCUT2D eigenvalue weighted by Gasteiger charge is 2.21. The fourth-order valence-corrected chi connectivity index (χ4v) is 2.78. The van der Waals surface area contributed by atoms with Crippen molar-refractivity contribution in [2.45, 2.75) is 11.8 Å². The van der Waals surface area contributed by atoms with Crippen molar-refractivity contribution in [3.05, 3.63) is 29.3 Å². The number of nitrogens with one attached hydrogen (secondary N) is 1. The topological polar surface area (TPSA) is 80.3 Å². The summed E-state index contributed by atoms with van der Waals surface area (Å²) in [5, 5.41) is 2.23. The van der Waals surface area contributed by atoms with Gasteiger partial charge in [0.05, 0.1) is 10.5 Å². The van der Waals surface area contributed by atoms with Crippen LogP contribution in [0.2, 0.25) is 0 Å². The Hall–Kier alpha value is -1.06. The van der Waals surface area contributed by atoms with Crippen LogP contribution in [0.3, 0.4) is 0 Å². The molecule has 0 aromatic heterocycles. The predicted octanol–water partition coefficient (Wildman–Crippen LogP) is 1.39. The van der Waals surface area contributed by atoms with Crippen molar-refractivity contribution in [3.63, 3.8) is 0 Å². The molecule has 1 atom stereocenters. The summed E-state index contributed by atoms with van der Waals surface area (Å²) in [5.74, 6) is -3.44. The lowest BCUT2D eigenvalue weighted by Crippen LogP contribution is -2.29. The van der Waals surface area contributed by atoms with Gasteiger partial charge in [-0.15, -0.1) is 0 Å². The predicted molar refractivity (Wildman–Crippen MR) is 75.3 cm³/mol. The van der Waals surface area contributed by atoms with Crippen molar-refractivity contribution in [2.24, 2.45) is 0 Å². The van der Waals surface area contributed by atoms with E-state index in [1.54, 1.807) is 6.92 Å². The lowest BCUT2D eigenvalue weighted by atomic mass is 10.2. The van der Waals surface area contributed by atoms with Crippen LogP contribution in [0.5, 0.6) is 0 Å². The molecule has 5 nitrogen and oxygen atoms in total. The van der Waals surface area contributed by atoms with Crippen molar-refractivity contribution in [3.8, 4) is 0 Å². The Balaban J connectivity index is 2.99. The first kappa shape index (κ1) is 18.0. The molecule has 0 saturated carbocycles. The van der Waals surface area contributed by atoms with Gasteiger partial charge < -0.3 is 5.32 Å². The Morgan fingerprint density at radius 2 is 2.00 bits per heavy atom. The first-order chi connectivity index (χ1) is 9.66. The van der Waals surface area contributed by atoms with Crippen molar-refractivity contribution >= 4 is 36.4 Å². The lowest BCUT2D eigenvalue weighted by molar-refractivity contribution is 0.0951. The highest BCUT2D eigenvalue weighted by molar-refractivity contribution is 8.13. The van der Waals surface area contributed by atoms with Crippen LogP contribution >= 0.6 is 10.7 Å². The van der Waals surface area contributed by atoms with E-state index in [1.807, 2.05) is 0 Å². The Morgan fingerprint density at radius 3 is 2.52 bits per heavy atom. The second-order valence-corrected chi connectivity index (χ2v) is 8.32. The van der Waals surface area contributed by atoms with Gasteiger partial charge >= 0.3 is 0 Å². The number of hydrogen-bond donors (Lipinski definition) is 1. The summed E-state index contributed by atoms with van der Waals surface area (Å²) in [6, 6.07) is 1.04. The van der Waals surface area contributed by atoms with E-state index in [2.05, 4.69) is 5.32 Å². The molecular weight excluding hydrogens is 348 g/mol. The highest BCUT2D eigenvalue weighted by Crippen LogP contribution is 2.21. The van der Waals surface area contributed by atoms with E-state index in [0.717, 1.165) is 0 Å². The average Bonchev–Trinajstić information content (AvgIpc) is 2.39. The van der Waals surface area contributed by atoms with E-state index in [0.29, 0.717) is 17.9 Å². The quantitative estimate of drug-likeness (QED) is 0.778. The number of carbonyl (C=O) groups excluding carboxylic acids is 1. The molecule has 0 bridgehead atoms. The average molecular weight is 360 g/mol. The monoisotopic (exact) mass is 359 g/mol.